The number of nitrogens with one attached hydrogen (secondary N) is 2. The van der Waals surface area contributed by atoms with Crippen LogP contribution >= 0.6 is 0 Å². The van der Waals surface area contributed by atoms with Crippen molar-refractivity contribution in [3.05, 3.63) is 117 Å². The summed E-state index contributed by atoms with van der Waals surface area (Å²) in [6.45, 7) is 3.13. The first-order valence-corrected chi connectivity index (χ1v) is 11.0. The number of benzene rings is 2. The van der Waals surface area contributed by atoms with Crippen LogP contribution in [-0.4, -0.2) is 20.9 Å². The molecule has 0 fully saturated rings. The third-order valence-corrected chi connectivity index (χ3v) is 5.36. The maximum atomic E-state index is 12.6. The van der Waals surface area contributed by atoms with Gasteiger partial charge in [-0.2, -0.15) is 0 Å². The van der Waals surface area contributed by atoms with Crippen molar-refractivity contribution >= 4 is 5.91 Å². The molecule has 0 radical (unpaired) electrons. The van der Waals surface area contributed by atoms with Crippen molar-refractivity contribution in [1.82, 2.24) is 20.3 Å². The number of hydrogen-bond donors (Lipinski definition) is 2. The van der Waals surface area contributed by atoms with Crippen molar-refractivity contribution in [3.63, 3.8) is 0 Å². The van der Waals surface area contributed by atoms with Gasteiger partial charge in [0.1, 0.15) is 5.82 Å². The number of pyridine rings is 1. The summed E-state index contributed by atoms with van der Waals surface area (Å²) in [5.41, 5.74) is 4.39. The second-order valence-electron chi connectivity index (χ2n) is 7.97. The van der Waals surface area contributed by atoms with Gasteiger partial charge in [-0.25, -0.2) is 4.98 Å². The fourth-order valence-corrected chi connectivity index (χ4v) is 3.57. The number of H-pyrrole nitrogens is 1. The minimum absolute atomic E-state index is 0.0403. The lowest BCUT2D eigenvalue weighted by Crippen LogP contribution is -2.28. The van der Waals surface area contributed by atoms with E-state index in [0.29, 0.717) is 42.4 Å². The second-order valence-corrected chi connectivity index (χ2v) is 7.97. The molecule has 2 aromatic carbocycles. The largest absolute Gasteiger partial charge is 0.372 e. The molecule has 7 nitrogen and oxygen atoms in total. The summed E-state index contributed by atoms with van der Waals surface area (Å²) in [5, 5.41) is 2.89. The van der Waals surface area contributed by atoms with Gasteiger partial charge in [-0.15, -0.1) is 0 Å². The number of aromatic nitrogens is 3. The molecular formula is C27H26N4O3. The van der Waals surface area contributed by atoms with E-state index in [-0.39, 0.29) is 17.9 Å². The molecule has 1 amide bonds. The lowest BCUT2D eigenvalue weighted by atomic mass is 10.1. The number of carbonyl (C=O) groups is 1. The van der Waals surface area contributed by atoms with Crippen molar-refractivity contribution in [3.8, 4) is 11.4 Å². The molecule has 7 heteroatoms. The molecule has 4 aromatic rings. The van der Waals surface area contributed by atoms with Gasteiger partial charge in [-0.1, -0.05) is 54.6 Å². The molecule has 0 aliphatic carbocycles. The van der Waals surface area contributed by atoms with Gasteiger partial charge in [-0.05, 0) is 35.7 Å². The number of hydrogen-bond acceptors (Lipinski definition) is 5. The Labute approximate surface area is 197 Å². The zero-order valence-electron chi connectivity index (χ0n) is 19.0. The number of aryl methyl sites for hydroxylation is 1. The Morgan fingerprint density at radius 2 is 1.74 bits per heavy atom. The zero-order chi connectivity index (χ0) is 23.8. The first kappa shape index (κ1) is 23.1. The van der Waals surface area contributed by atoms with Crippen LogP contribution in [0.4, 0.5) is 0 Å². The fraction of sp³-hybridized carbons (Fsp3) is 0.185. The highest BCUT2D eigenvalue weighted by Crippen LogP contribution is 2.13. The van der Waals surface area contributed by atoms with E-state index in [2.05, 4.69) is 20.3 Å². The third-order valence-electron chi connectivity index (χ3n) is 5.36. The number of rotatable bonds is 9. The van der Waals surface area contributed by atoms with Crippen LogP contribution < -0.4 is 10.9 Å². The maximum absolute atomic E-state index is 12.6. The lowest BCUT2D eigenvalue weighted by Gasteiger charge is -2.10. The molecule has 4 rings (SSSR count). The summed E-state index contributed by atoms with van der Waals surface area (Å²) in [7, 11) is 0. The van der Waals surface area contributed by atoms with E-state index in [4.69, 9.17) is 4.74 Å². The predicted octanol–water partition coefficient (Wildman–Crippen LogP) is 3.72. The second kappa shape index (κ2) is 11.2. The minimum Gasteiger partial charge on any atom is -0.372 e. The topological polar surface area (TPSA) is 97.0 Å². The van der Waals surface area contributed by atoms with Crippen molar-refractivity contribution in [1.29, 1.82) is 0 Å². The van der Waals surface area contributed by atoms with Gasteiger partial charge in [0.25, 0.3) is 5.56 Å². The summed E-state index contributed by atoms with van der Waals surface area (Å²) >= 11 is 0. The molecule has 0 spiro atoms. The average molecular weight is 455 g/mol. The molecule has 0 saturated heterocycles. The summed E-state index contributed by atoms with van der Waals surface area (Å²) in [5.74, 6) is 0.196. The van der Waals surface area contributed by atoms with Gasteiger partial charge in [0.05, 0.1) is 19.6 Å². The van der Waals surface area contributed by atoms with Crippen LogP contribution in [0.5, 0.6) is 0 Å². The molecule has 0 aliphatic rings. The van der Waals surface area contributed by atoms with Gasteiger partial charge in [-0.3, -0.25) is 14.6 Å². The number of carbonyl (C=O) groups excluding carboxylic acids is 1. The summed E-state index contributed by atoms with van der Waals surface area (Å²) in [6, 6.07) is 21.5. The average Bonchev–Trinajstić information content (AvgIpc) is 2.86. The third kappa shape index (κ3) is 6.24. The Kier molecular flexibility index (Phi) is 7.57. The summed E-state index contributed by atoms with van der Waals surface area (Å²) in [6.07, 6.45) is 3.24. The Hall–Kier alpha value is -4.10. The van der Waals surface area contributed by atoms with Crippen LogP contribution in [0, 0.1) is 6.92 Å². The monoisotopic (exact) mass is 454 g/mol. The Balaban J connectivity index is 1.32. The van der Waals surface area contributed by atoms with Gasteiger partial charge in [0.2, 0.25) is 5.91 Å². The Morgan fingerprint density at radius 3 is 2.50 bits per heavy atom. The van der Waals surface area contributed by atoms with Gasteiger partial charge >= 0.3 is 0 Å². The van der Waals surface area contributed by atoms with Crippen LogP contribution in [-0.2, 0) is 35.7 Å². The number of nitrogens with zero attached hydrogens (tertiary/aromatic N) is 2. The molecule has 2 aromatic heterocycles. The van der Waals surface area contributed by atoms with Gasteiger partial charge in [0.15, 0.2) is 0 Å². The number of ether oxygens (including phenoxy) is 1. The molecule has 34 heavy (non-hydrogen) atoms. The minimum atomic E-state index is -0.320. The highest BCUT2D eigenvalue weighted by molar-refractivity contribution is 5.78. The molecule has 0 bridgehead atoms. The van der Waals surface area contributed by atoms with Crippen LogP contribution in [0.25, 0.3) is 11.4 Å². The van der Waals surface area contributed by atoms with E-state index in [1.165, 1.54) is 0 Å². The van der Waals surface area contributed by atoms with E-state index in [1.54, 1.807) is 25.4 Å². The Bertz CT molecular complexity index is 1300. The molecular weight excluding hydrogens is 428 g/mol. The molecule has 0 aliphatic heterocycles. The maximum Gasteiger partial charge on any atom is 0.255 e. The summed E-state index contributed by atoms with van der Waals surface area (Å²) < 4.78 is 5.80. The van der Waals surface area contributed by atoms with E-state index in [9.17, 15) is 9.59 Å². The summed E-state index contributed by atoms with van der Waals surface area (Å²) in [4.78, 5) is 36.4. The number of amides is 1. The highest BCUT2D eigenvalue weighted by atomic mass is 16.5. The molecule has 0 unspecified atom stereocenters. The SMILES string of the molecule is Cc1nc(-c2cccnc2)[nH]c(=O)c1CC(=O)NCc1cccc(COCc2ccccc2)c1. The number of aromatic amines is 1. The van der Waals surface area contributed by atoms with Crippen molar-refractivity contribution in [2.24, 2.45) is 0 Å². The standard InChI is InChI=1S/C27H26N4O3/c1-19-24(27(33)31-26(30-19)23-11-6-12-28-16-23)14-25(32)29-15-21-9-5-10-22(13-21)18-34-17-20-7-3-2-4-8-20/h2-13,16H,14-15,17-18H2,1H3,(H,29,32)(H,30,31,33). The first-order valence-electron chi connectivity index (χ1n) is 11.0. The fourth-order valence-electron chi connectivity index (χ4n) is 3.57. The van der Waals surface area contributed by atoms with E-state index in [1.807, 2.05) is 60.7 Å². The zero-order valence-corrected chi connectivity index (χ0v) is 19.0. The van der Waals surface area contributed by atoms with E-state index < -0.39 is 0 Å². The lowest BCUT2D eigenvalue weighted by molar-refractivity contribution is -0.120. The van der Waals surface area contributed by atoms with Gasteiger partial charge in [0, 0.05) is 35.8 Å². The normalized spacial score (nSPS) is 10.7. The molecule has 2 N–H and O–H groups in total. The van der Waals surface area contributed by atoms with Crippen LogP contribution in [0.1, 0.15) is 27.9 Å². The van der Waals surface area contributed by atoms with Crippen molar-refractivity contribution in [2.75, 3.05) is 0 Å². The highest BCUT2D eigenvalue weighted by Gasteiger charge is 2.13. The first-order chi connectivity index (χ1) is 16.6. The quantitative estimate of drug-likeness (QED) is 0.402. The van der Waals surface area contributed by atoms with Crippen molar-refractivity contribution in [2.45, 2.75) is 33.1 Å². The van der Waals surface area contributed by atoms with Crippen molar-refractivity contribution < 1.29 is 9.53 Å². The van der Waals surface area contributed by atoms with Crippen LogP contribution in [0.15, 0.2) is 83.9 Å². The predicted molar refractivity (Wildman–Crippen MR) is 130 cm³/mol. The van der Waals surface area contributed by atoms with E-state index in [0.717, 1.165) is 16.7 Å². The van der Waals surface area contributed by atoms with E-state index >= 15 is 0 Å². The molecule has 172 valence electrons. The van der Waals surface area contributed by atoms with Crippen LogP contribution in [0.3, 0.4) is 0 Å². The molecule has 0 saturated carbocycles. The van der Waals surface area contributed by atoms with Crippen LogP contribution in [0.2, 0.25) is 0 Å². The molecule has 0 atom stereocenters. The Morgan fingerprint density at radius 1 is 0.971 bits per heavy atom. The smallest absolute Gasteiger partial charge is 0.255 e. The van der Waals surface area contributed by atoms with Gasteiger partial charge < -0.3 is 15.0 Å². The molecule has 2 heterocycles.